The molecule has 1 amide bonds. The van der Waals surface area contributed by atoms with Crippen LogP contribution in [0, 0.1) is 5.92 Å². The molecule has 0 unspecified atom stereocenters. The van der Waals surface area contributed by atoms with Crippen LogP contribution in [0.3, 0.4) is 0 Å². The Labute approximate surface area is 121 Å². The van der Waals surface area contributed by atoms with Crippen LogP contribution in [-0.2, 0) is 0 Å². The molecule has 0 aliphatic carbocycles. The molecule has 0 aliphatic heterocycles. The zero-order valence-corrected chi connectivity index (χ0v) is 13.1. The number of unbranched alkanes of at least 4 members (excludes halogenated alkanes) is 1. The Morgan fingerprint density at radius 1 is 1.32 bits per heavy atom. The van der Waals surface area contributed by atoms with Crippen LogP contribution in [0.25, 0.3) is 0 Å². The lowest BCUT2D eigenvalue weighted by Gasteiger charge is -2.16. The van der Waals surface area contributed by atoms with E-state index >= 15 is 0 Å². The molecule has 3 heteroatoms. The van der Waals surface area contributed by atoms with Crippen molar-refractivity contribution in [1.29, 1.82) is 0 Å². The fourth-order valence-corrected chi connectivity index (χ4v) is 2.70. The first-order valence-electron chi connectivity index (χ1n) is 7.14. The molecule has 0 saturated carbocycles. The van der Waals surface area contributed by atoms with Crippen molar-refractivity contribution in [3.05, 3.63) is 29.8 Å². The summed E-state index contributed by atoms with van der Waals surface area (Å²) in [5, 5.41) is 3.08. The molecule has 0 saturated heterocycles. The number of hydrogen-bond acceptors (Lipinski definition) is 2. The van der Waals surface area contributed by atoms with Crippen molar-refractivity contribution >= 4 is 17.7 Å². The summed E-state index contributed by atoms with van der Waals surface area (Å²) in [7, 11) is 0. The number of thioether (sulfide) groups is 1. The van der Waals surface area contributed by atoms with E-state index in [1.165, 1.54) is 19.3 Å². The van der Waals surface area contributed by atoms with Gasteiger partial charge in [-0.25, -0.2) is 0 Å². The smallest absolute Gasteiger partial charge is 0.252 e. The lowest BCUT2D eigenvalue weighted by molar-refractivity contribution is 0.0943. The van der Waals surface area contributed by atoms with Gasteiger partial charge in [0.05, 0.1) is 5.56 Å². The van der Waals surface area contributed by atoms with Crippen molar-refractivity contribution < 1.29 is 4.79 Å². The van der Waals surface area contributed by atoms with Gasteiger partial charge in [-0.1, -0.05) is 45.2 Å². The minimum Gasteiger partial charge on any atom is -0.352 e. The highest BCUT2D eigenvalue weighted by molar-refractivity contribution is 7.98. The third kappa shape index (κ3) is 5.27. The molecule has 0 spiro atoms. The lowest BCUT2D eigenvalue weighted by atomic mass is 9.99. The van der Waals surface area contributed by atoms with Gasteiger partial charge in [-0.3, -0.25) is 4.79 Å². The minimum absolute atomic E-state index is 0.0555. The Hall–Kier alpha value is -0.960. The van der Waals surface area contributed by atoms with E-state index in [0.717, 1.165) is 23.4 Å². The maximum Gasteiger partial charge on any atom is 0.252 e. The Balaban J connectivity index is 2.54. The molecule has 0 radical (unpaired) electrons. The summed E-state index contributed by atoms with van der Waals surface area (Å²) in [6.45, 7) is 5.19. The molecule has 1 aromatic rings. The average Bonchev–Trinajstić information content (AvgIpc) is 2.47. The molecule has 2 nitrogen and oxygen atoms in total. The molecule has 0 fully saturated rings. The van der Waals surface area contributed by atoms with Gasteiger partial charge in [-0.05, 0) is 30.7 Å². The molecular weight excluding hydrogens is 254 g/mol. The van der Waals surface area contributed by atoms with Crippen molar-refractivity contribution in [3.8, 4) is 0 Å². The van der Waals surface area contributed by atoms with E-state index in [-0.39, 0.29) is 5.91 Å². The van der Waals surface area contributed by atoms with Gasteiger partial charge in [0.25, 0.3) is 5.91 Å². The number of hydrogen-bond donors (Lipinski definition) is 1. The Morgan fingerprint density at radius 2 is 2.05 bits per heavy atom. The second kappa shape index (κ2) is 9.03. The summed E-state index contributed by atoms with van der Waals surface area (Å²) in [4.78, 5) is 13.2. The highest BCUT2D eigenvalue weighted by atomic mass is 32.2. The molecular formula is C16H25NOS. The van der Waals surface area contributed by atoms with Crippen LogP contribution < -0.4 is 5.32 Å². The number of carbonyl (C=O) groups excluding carboxylic acids is 1. The summed E-state index contributed by atoms with van der Waals surface area (Å²) in [5.41, 5.74) is 0.792. The van der Waals surface area contributed by atoms with E-state index in [1.54, 1.807) is 11.8 Å². The molecule has 19 heavy (non-hydrogen) atoms. The van der Waals surface area contributed by atoms with E-state index < -0.39 is 0 Å². The van der Waals surface area contributed by atoms with Crippen LogP contribution in [-0.4, -0.2) is 18.7 Å². The van der Waals surface area contributed by atoms with Gasteiger partial charge in [0, 0.05) is 11.4 Å². The Kier molecular flexibility index (Phi) is 7.65. The zero-order chi connectivity index (χ0) is 14.1. The molecule has 0 aromatic heterocycles. The normalized spacial score (nSPS) is 12.2. The van der Waals surface area contributed by atoms with E-state index in [9.17, 15) is 4.79 Å². The van der Waals surface area contributed by atoms with Crippen molar-refractivity contribution in [2.45, 2.75) is 44.4 Å². The molecule has 1 N–H and O–H groups in total. The number of nitrogens with one attached hydrogen (secondary N) is 1. The first kappa shape index (κ1) is 16.1. The second-order valence-electron chi connectivity index (χ2n) is 4.83. The van der Waals surface area contributed by atoms with Gasteiger partial charge in [0.2, 0.25) is 0 Å². The minimum atomic E-state index is 0.0555. The van der Waals surface area contributed by atoms with E-state index in [1.807, 2.05) is 30.5 Å². The van der Waals surface area contributed by atoms with Gasteiger partial charge in [0.1, 0.15) is 0 Å². The SMILES string of the molecule is CCCC[C@H](CC)CNC(=O)c1ccccc1SC. The number of amides is 1. The summed E-state index contributed by atoms with van der Waals surface area (Å²) < 4.78 is 0. The van der Waals surface area contributed by atoms with Gasteiger partial charge < -0.3 is 5.32 Å². The van der Waals surface area contributed by atoms with E-state index in [0.29, 0.717) is 5.92 Å². The van der Waals surface area contributed by atoms with Crippen LogP contribution in [0.5, 0.6) is 0 Å². The quantitative estimate of drug-likeness (QED) is 0.717. The first-order valence-corrected chi connectivity index (χ1v) is 8.36. The highest BCUT2D eigenvalue weighted by Crippen LogP contribution is 2.20. The van der Waals surface area contributed by atoms with Gasteiger partial charge in [-0.2, -0.15) is 0 Å². The summed E-state index contributed by atoms with van der Waals surface area (Å²) in [5.74, 6) is 0.658. The largest absolute Gasteiger partial charge is 0.352 e. The van der Waals surface area contributed by atoms with Crippen LogP contribution in [0.1, 0.15) is 49.9 Å². The highest BCUT2D eigenvalue weighted by Gasteiger charge is 2.12. The molecule has 1 rings (SSSR count). The van der Waals surface area contributed by atoms with Crippen LogP contribution in [0.2, 0.25) is 0 Å². The molecule has 0 bridgehead atoms. The topological polar surface area (TPSA) is 29.1 Å². The van der Waals surface area contributed by atoms with E-state index in [2.05, 4.69) is 19.2 Å². The van der Waals surface area contributed by atoms with Crippen molar-refractivity contribution in [1.82, 2.24) is 5.32 Å². The Morgan fingerprint density at radius 3 is 2.68 bits per heavy atom. The molecule has 1 atom stereocenters. The van der Waals surface area contributed by atoms with Crippen LogP contribution in [0.15, 0.2) is 29.2 Å². The summed E-state index contributed by atoms with van der Waals surface area (Å²) in [6, 6.07) is 7.78. The van der Waals surface area contributed by atoms with Crippen molar-refractivity contribution in [2.75, 3.05) is 12.8 Å². The Bertz CT molecular complexity index is 392. The third-order valence-electron chi connectivity index (χ3n) is 3.45. The second-order valence-corrected chi connectivity index (χ2v) is 5.67. The summed E-state index contributed by atoms with van der Waals surface area (Å²) >= 11 is 1.62. The maximum absolute atomic E-state index is 12.2. The van der Waals surface area contributed by atoms with Gasteiger partial charge in [0.15, 0.2) is 0 Å². The fourth-order valence-electron chi connectivity index (χ4n) is 2.11. The molecule has 1 aromatic carbocycles. The molecule has 106 valence electrons. The van der Waals surface area contributed by atoms with Crippen molar-refractivity contribution in [3.63, 3.8) is 0 Å². The maximum atomic E-state index is 12.2. The van der Waals surface area contributed by atoms with Gasteiger partial charge >= 0.3 is 0 Å². The zero-order valence-electron chi connectivity index (χ0n) is 12.2. The van der Waals surface area contributed by atoms with Crippen LogP contribution in [0.4, 0.5) is 0 Å². The van der Waals surface area contributed by atoms with Gasteiger partial charge in [-0.15, -0.1) is 11.8 Å². The van der Waals surface area contributed by atoms with E-state index in [4.69, 9.17) is 0 Å². The third-order valence-corrected chi connectivity index (χ3v) is 4.24. The monoisotopic (exact) mass is 279 g/mol. The summed E-state index contributed by atoms with van der Waals surface area (Å²) in [6.07, 6.45) is 6.81. The number of benzene rings is 1. The average molecular weight is 279 g/mol. The standard InChI is InChI=1S/C16H25NOS/c1-4-6-9-13(5-2)12-17-16(18)14-10-7-8-11-15(14)19-3/h7-8,10-11,13H,4-6,9,12H2,1-3H3,(H,17,18)/t13-/m0/s1. The fraction of sp³-hybridized carbons (Fsp3) is 0.562. The molecule has 0 aliphatic rings. The molecule has 0 heterocycles. The number of carbonyl (C=O) groups is 1. The van der Waals surface area contributed by atoms with Crippen LogP contribution >= 0.6 is 11.8 Å². The number of rotatable bonds is 8. The van der Waals surface area contributed by atoms with Crippen molar-refractivity contribution in [2.24, 2.45) is 5.92 Å². The first-order chi connectivity index (χ1) is 9.22. The predicted molar refractivity (Wildman–Crippen MR) is 83.9 cm³/mol. The lowest BCUT2D eigenvalue weighted by Crippen LogP contribution is -2.29. The predicted octanol–water partition coefficient (Wildman–Crippen LogP) is 4.35.